The summed E-state index contributed by atoms with van der Waals surface area (Å²) < 4.78 is 10.3. The maximum atomic E-state index is 11.6. The van der Waals surface area contributed by atoms with Crippen molar-refractivity contribution in [2.45, 2.75) is 38.8 Å². The molecule has 4 heteroatoms. The minimum Gasteiger partial charge on any atom is -0.465 e. The average Bonchev–Trinajstić information content (AvgIpc) is 2.40. The van der Waals surface area contributed by atoms with Crippen molar-refractivity contribution in [3.8, 4) is 0 Å². The third-order valence-corrected chi connectivity index (χ3v) is 3.50. The highest BCUT2D eigenvalue weighted by Gasteiger charge is 2.20. The normalized spacial score (nSPS) is 22.9. The first-order valence-corrected chi connectivity index (χ1v) is 6.67. The van der Waals surface area contributed by atoms with Crippen molar-refractivity contribution >= 4 is 11.7 Å². The van der Waals surface area contributed by atoms with Gasteiger partial charge in [-0.1, -0.05) is 6.07 Å². The van der Waals surface area contributed by atoms with E-state index in [1.807, 2.05) is 19.1 Å². The highest BCUT2D eigenvalue weighted by atomic mass is 16.5. The molecule has 0 aliphatic carbocycles. The van der Waals surface area contributed by atoms with Gasteiger partial charge in [-0.15, -0.1) is 0 Å². The first kappa shape index (κ1) is 13.9. The molecule has 0 bridgehead atoms. The molecular weight excluding hydrogens is 242 g/mol. The second-order valence-corrected chi connectivity index (χ2v) is 5.07. The van der Waals surface area contributed by atoms with Crippen LogP contribution in [0, 0.1) is 6.92 Å². The number of methoxy groups -OCH3 is 1. The number of benzene rings is 1. The molecule has 2 unspecified atom stereocenters. The third kappa shape index (κ3) is 3.47. The van der Waals surface area contributed by atoms with Gasteiger partial charge in [-0.3, -0.25) is 0 Å². The van der Waals surface area contributed by atoms with Crippen molar-refractivity contribution in [1.29, 1.82) is 0 Å². The summed E-state index contributed by atoms with van der Waals surface area (Å²) in [6, 6.07) is 5.99. The number of carbonyl (C=O) groups excluding carboxylic acids is 1. The number of rotatable bonds is 3. The lowest BCUT2D eigenvalue weighted by atomic mass is 10.0. The van der Waals surface area contributed by atoms with Gasteiger partial charge >= 0.3 is 5.97 Å². The van der Waals surface area contributed by atoms with E-state index >= 15 is 0 Å². The molecule has 1 saturated heterocycles. The van der Waals surface area contributed by atoms with E-state index in [4.69, 9.17) is 9.47 Å². The molecular formula is C15H21NO3. The first-order valence-electron chi connectivity index (χ1n) is 6.67. The van der Waals surface area contributed by atoms with Gasteiger partial charge in [0.05, 0.1) is 18.8 Å². The molecule has 4 nitrogen and oxygen atoms in total. The van der Waals surface area contributed by atoms with E-state index in [9.17, 15) is 4.79 Å². The van der Waals surface area contributed by atoms with Gasteiger partial charge in [0.1, 0.15) is 0 Å². The van der Waals surface area contributed by atoms with Crippen LogP contribution < -0.4 is 5.32 Å². The van der Waals surface area contributed by atoms with Crippen LogP contribution in [0.25, 0.3) is 0 Å². The van der Waals surface area contributed by atoms with Crippen LogP contribution in [0.2, 0.25) is 0 Å². The Morgan fingerprint density at radius 3 is 2.95 bits per heavy atom. The molecule has 0 saturated carbocycles. The molecule has 0 spiro atoms. The lowest BCUT2D eigenvalue weighted by molar-refractivity contribution is 0.0232. The zero-order valence-electron chi connectivity index (χ0n) is 11.7. The molecule has 1 aliphatic heterocycles. The quantitative estimate of drug-likeness (QED) is 0.852. The van der Waals surface area contributed by atoms with Gasteiger partial charge < -0.3 is 14.8 Å². The van der Waals surface area contributed by atoms with E-state index in [0.717, 1.165) is 30.7 Å². The molecule has 1 aromatic rings. The van der Waals surface area contributed by atoms with Crippen LogP contribution in [0.1, 0.15) is 35.7 Å². The van der Waals surface area contributed by atoms with Crippen molar-refractivity contribution in [2.24, 2.45) is 0 Å². The number of aryl methyl sites for hydroxylation is 1. The number of anilines is 1. The van der Waals surface area contributed by atoms with Gasteiger partial charge in [0.25, 0.3) is 0 Å². The van der Waals surface area contributed by atoms with Crippen molar-refractivity contribution in [3.63, 3.8) is 0 Å². The van der Waals surface area contributed by atoms with E-state index in [2.05, 4.69) is 12.2 Å². The molecule has 1 fully saturated rings. The molecule has 1 N–H and O–H groups in total. The predicted octanol–water partition coefficient (Wildman–Crippen LogP) is 2.76. The van der Waals surface area contributed by atoms with Gasteiger partial charge in [0.15, 0.2) is 0 Å². The fourth-order valence-electron chi connectivity index (χ4n) is 2.37. The minimum atomic E-state index is -0.302. The zero-order chi connectivity index (χ0) is 13.8. The van der Waals surface area contributed by atoms with Crippen LogP contribution >= 0.6 is 0 Å². The number of hydrogen-bond acceptors (Lipinski definition) is 4. The second-order valence-electron chi connectivity index (χ2n) is 5.07. The summed E-state index contributed by atoms with van der Waals surface area (Å²) in [5, 5.41) is 3.51. The predicted molar refractivity (Wildman–Crippen MR) is 74.6 cm³/mol. The van der Waals surface area contributed by atoms with E-state index in [1.165, 1.54) is 7.11 Å². The Hall–Kier alpha value is -1.55. The van der Waals surface area contributed by atoms with Gasteiger partial charge in [0, 0.05) is 18.3 Å². The van der Waals surface area contributed by atoms with E-state index in [1.54, 1.807) is 6.07 Å². The lowest BCUT2D eigenvalue weighted by Gasteiger charge is -2.29. The number of esters is 1. The summed E-state index contributed by atoms with van der Waals surface area (Å²) >= 11 is 0. The molecule has 0 radical (unpaired) electrons. The van der Waals surface area contributed by atoms with Gasteiger partial charge in [0.2, 0.25) is 0 Å². The van der Waals surface area contributed by atoms with Crippen LogP contribution in [-0.4, -0.2) is 31.8 Å². The topological polar surface area (TPSA) is 47.6 Å². The van der Waals surface area contributed by atoms with Crippen LogP contribution in [0.4, 0.5) is 5.69 Å². The zero-order valence-corrected chi connectivity index (χ0v) is 11.7. The number of hydrogen-bond donors (Lipinski definition) is 1. The Kier molecular flexibility index (Phi) is 4.43. The van der Waals surface area contributed by atoms with Crippen LogP contribution in [0.3, 0.4) is 0 Å². The van der Waals surface area contributed by atoms with Crippen molar-refractivity contribution < 1.29 is 14.3 Å². The highest BCUT2D eigenvalue weighted by Crippen LogP contribution is 2.22. The van der Waals surface area contributed by atoms with Crippen LogP contribution in [0.15, 0.2) is 18.2 Å². The Balaban J connectivity index is 2.12. The second kappa shape index (κ2) is 6.06. The maximum Gasteiger partial charge on any atom is 0.337 e. The third-order valence-electron chi connectivity index (χ3n) is 3.50. The molecule has 2 atom stereocenters. The Labute approximate surface area is 114 Å². The SMILES string of the molecule is COC(=O)c1ccc(C)c(NC2CCOC(C)C2)c1. The molecule has 2 rings (SSSR count). The summed E-state index contributed by atoms with van der Waals surface area (Å²) in [4.78, 5) is 11.6. The Morgan fingerprint density at radius 2 is 2.26 bits per heavy atom. The highest BCUT2D eigenvalue weighted by molar-refractivity contribution is 5.90. The van der Waals surface area contributed by atoms with Crippen molar-refractivity contribution in [1.82, 2.24) is 0 Å². The first-order chi connectivity index (χ1) is 9.10. The van der Waals surface area contributed by atoms with Gasteiger partial charge in [-0.2, -0.15) is 0 Å². The number of nitrogens with one attached hydrogen (secondary N) is 1. The Bertz CT molecular complexity index is 459. The van der Waals surface area contributed by atoms with E-state index in [0.29, 0.717) is 11.6 Å². The summed E-state index contributed by atoms with van der Waals surface area (Å²) in [6.07, 6.45) is 2.27. The molecule has 1 heterocycles. The van der Waals surface area contributed by atoms with Crippen molar-refractivity contribution in [2.75, 3.05) is 19.0 Å². The monoisotopic (exact) mass is 263 g/mol. The van der Waals surface area contributed by atoms with Crippen molar-refractivity contribution in [3.05, 3.63) is 29.3 Å². The van der Waals surface area contributed by atoms with E-state index < -0.39 is 0 Å². The molecule has 1 aliphatic rings. The fraction of sp³-hybridized carbons (Fsp3) is 0.533. The number of ether oxygens (including phenoxy) is 2. The molecule has 19 heavy (non-hydrogen) atoms. The molecule has 0 aromatic heterocycles. The smallest absolute Gasteiger partial charge is 0.337 e. The van der Waals surface area contributed by atoms with Crippen LogP contribution in [-0.2, 0) is 9.47 Å². The lowest BCUT2D eigenvalue weighted by Crippen LogP contribution is -2.32. The van der Waals surface area contributed by atoms with Gasteiger partial charge in [-0.25, -0.2) is 4.79 Å². The Morgan fingerprint density at radius 1 is 1.47 bits per heavy atom. The molecule has 1 aromatic carbocycles. The largest absolute Gasteiger partial charge is 0.465 e. The van der Waals surface area contributed by atoms with Gasteiger partial charge in [-0.05, 0) is 44.4 Å². The molecule has 0 amide bonds. The fourth-order valence-corrected chi connectivity index (χ4v) is 2.37. The number of carbonyl (C=O) groups is 1. The summed E-state index contributed by atoms with van der Waals surface area (Å²) in [5.41, 5.74) is 2.71. The maximum absolute atomic E-state index is 11.6. The van der Waals surface area contributed by atoms with E-state index in [-0.39, 0.29) is 12.1 Å². The minimum absolute atomic E-state index is 0.287. The average molecular weight is 263 g/mol. The molecule has 104 valence electrons. The summed E-state index contributed by atoms with van der Waals surface area (Å²) in [7, 11) is 1.40. The summed E-state index contributed by atoms with van der Waals surface area (Å²) in [5.74, 6) is -0.302. The van der Waals surface area contributed by atoms with Crippen LogP contribution in [0.5, 0.6) is 0 Å². The summed E-state index contributed by atoms with van der Waals surface area (Å²) in [6.45, 7) is 4.91. The standard InChI is InChI=1S/C15H21NO3/c1-10-4-5-12(15(17)18-3)9-14(10)16-13-6-7-19-11(2)8-13/h4-5,9,11,13,16H,6-8H2,1-3H3.